The minimum Gasteiger partial charge on any atom is -0.391 e. The highest BCUT2D eigenvalue weighted by atomic mass is 16.3. The Kier molecular flexibility index (Phi) is 3.23. The van der Waals surface area contributed by atoms with Crippen LogP contribution in [0.25, 0.3) is 5.65 Å². The van der Waals surface area contributed by atoms with E-state index in [0.717, 1.165) is 6.42 Å². The Labute approximate surface area is 98.5 Å². The van der Waals surface area contributed by atoms with Crippen molar-refractivity contribution in [3.63, 3.8) is 0 Å². The van der Waals surface area contributed by atoms with E-state index in [1.54, 1.807) is 6.20 Å². The average Bonchev–Trinajstić information content (AvgIpc) is 2.66. The summed E-state index contributed by atoms with van der Waals surface area (Å²) >= 11 is 0. The lowest BCUT2D eigenvalue weighted by Crippen LogP contribution is -2.30. The smallest absolute Gasteiger partial charge is 0.350 e. The van der Waals surface area contributed by atoms with E-state index < -0.39 is 6.10 Å². The molecule has 0 saturated heterocycles. The molecule has 0 saturated carbocycles. The molecule has 0 aliphatic heterocycles. The molecule has 0 amide bonds. The summed E-state index contributed by atoms with van der Waals surface area (Å²) in [6, 6.07) is 0. The first-order valence-corrected chi connectivity index (χ1v) is 5.70. The number of nitrogens with zero attached hydrogens (tertiary/aromatic N) is 4. The number of aliphatic hydroxyl groups is 1. The van der Waals surface area contributed by atoms with Crippen molar-refractivity contribution in [2.75, 3.05) is 0 Å². The molecule has 0 aliphatic carbocycles. The van der Waals surface area contributed by atoms with Gasteiger partial charge in [0, 0.05) is 12.4 Å². The maximum absolute atomic E-state index is 11.9. The SMILES string of the molecule is CCC(C)C(O)Cn1nc2cnccn2c1=O. The number of hydrogen-bond donors (Lipinski definition) is 1. The van der Waals surface area contributed by atoms with Crippen LogP contribution >= 0.6 is 0 Å². The third kappa shape index (κ3) is 2.21. The molecule has 6 heteroatoms. The zero-order valence-electron chi connectivity index (χ0n) is 9.95. The summed E-state index contributed by atoms with van der Waals surface area (Å²) in [4.78, 5) is 15.8. The van der Waals surface area contributed by atoms with Gasteiger partial charge in [-0.3, -0.25) is 4.98 Å². The maximum atomic E-state index is 11.9. The summed E-state index contributed by atoms with van der Waals surface area (Å²) in [5.41, 5.74) is 0.249. The van der Waals surface area contributed by atoms with Gasteiger partial charge in [-0.25, -0.2) is 13.9 Å². The lowest BCUT2D eigenvalue weighted by molar-refractivity contribution is 0.0918. The fraction of sp³-hybridized carbons (Fsp3) is 0.545. The fourth-order valence-electron chi connectivity index (χ4n) is 1.63. The zero-order valence-corrected chi connectivity index (χ0v) is 9.95. The van der Waals surface area contributed by atoms with Gasteiger partial charge in [-0.05, 0) is 5.92 Å². The van der Waals surface area contributed by atoms with E-state index in [1.807, 2.05) is 13.8 Å². The van der Waals surface area contributed by atoms with E-state index in [4.69, 9.17) is 0 Å². The highest BCUT2D eigenvalue weighted by Gasteiger charge is 2.16. The molecule has 0 radical (unpaired) electrons. The van der Waals surface area contributed by atoms with E-state index in [2.05, 4.69) is 10.1 Å². The van der Waals surface area contributed by atoms with Crippen molar-refractivity contribution in [3.8, 4) is 0 Å². The molecule has 92 valence electrons. The molecule has 0 aromatic carbocycles. The molecule has 0 aliphatic rings. The summed E-state index contributed by atoms with van der Waals surface area (Å²) in [7, 11) is 0. The lowest BCUT2D eigenvalue weighted by atomic mass is 10.0. The average molecular weight is 236 g/mol. The summed E-state index contributed by atoms with van der Waals surface area (Å²) in [6.07, 6.45) is 4.93. The van der Waals surface area contributed by atoms with Crippen molar-refractivity contribution >= 4 is 5.65 Å². The van der Waals surface area contributed by atoms with Crippen LogP contribution in [0.5, 0.6) is 0 Å². The van der Waals surface area contributed by atoms with Crippen LogP contribution in [0.4, 0.5) is 0 Å². The number of aliphatic hydroxyl groups excluding tert-OH is 1. The van der Waals surface area contributed by atoms with Gasteiger partial charge in [0.15, 0.2) is 5.65 Å². The van der Waals surface area contributed by atoms with E-state index in [9.17, 15) is 9.90 Å². The topological polar surface area (TPSA) is 72.4 Å². The van der Waals surface area contributed by atoms with Crippen LogP contribution in [-0.2, 0) is 6.54 Å². The molecule has 0 fully saturated rings. The van der Waals surface area contributed by atoms with Crippen molar-refractivity contribution in [3.05, 3.63) is 29.1 Å². The Bertz CT molecular complexity index is 560. The van der Waals surface area contributed by atoms with Crippen LogP contribution in [0.1, 0.15) is 20.3 Å². The Morgan fingerprint density at radius 3 is 2.94 bits per heavy atom. The standard InChI is InChI=1S/C11H16N4O2/c1-3-8(2)9(16)7-15-11(17)14-5-4-12-6-10(14)13-15/h4-6,8-9,16H,3,7H2,1-2H3. The van der Waals surface area contributed by atoms with Crippen molar-refractivity contribution < 1.29 is 5.11 Å². The Morgan fingerprint density at radius 1 is 1.53 bits per heavy atom. The van der Waals surface area contributed by atoms with Gasteiger partial charge in [-0.2, -0.15) is 0 Å². The summed E-state index contributed by atoms with van der Waals surface area (Å²) < 4.78 is 2.70. The highest BCUT2D eigenvalue weighted by Crippen LogP contribution is 2.08. The largest absolute Gasteiger partial charge is 0.391 e. The molecular formula is C11H16N4O2. The lowest BCUT2D eigenvalue weighted by Gasteiger charge is -2.15. The number of aromatic nitrogens is 4. The molecule has 2 aromatic heterocycles. The quantitative estimate of drug-likeness (QED) is 0.828. The van der Waals surface area contributed by atoms with Gasteiger partial charge in [-0.15, -0.1) is 5.10 Å². The van der Waals surface area contributed by atoms with E-state index in [0.29, 0.717) is 5.65 Å². The highest BCUT2D eigenvalue weighted by molar-refractivity contribution is 5.31. The first-order valence-electron chi connectivity index (χ1n) is 5.70. The second-order valence-corrected chi connectivity index (χ2v) is 4.22. The Morgan fingerprint density at radius 2 is 2.29 bits per heavy atom. The Hall–Kier alpha value is -1.69. The zero-order chi connectivity index (χ0) is 12.4. The molecule has 2 aromatic rings. The molecule has 6 nitrogen and oxygen atoms in total. The van der Waals surface area contributed by atoms with E-state index in [-0.39, 0.29) is 18.2 Å². The third-order valence-electron chi connectivity index (χ3n) is 3.05. The van der Waals surface area contributed by atoms with Gasteiger partial charge >= 0.3 is 5.69 Å². The molecule has 2 atom stereocenters. The molecule has 17 heavy (non-hydrogen) atoms. The molecular weight excluding hydrogens is 220 g/mol. The third-order valence-corrected chi connectivity index (χ3v) is 3.05. The van der Waals surface area contributed by atoms with Gasteiger partial charge in [0.05, 0.1) is 18.8 Å². The van der Waals surface area contributed by atoms with Crippen LogP contribution < -0.4 is 5.69 Å². The van der Waals surface area contributed by atoms with Crippen molar-refractivity contribution in [2.24, 2.45) is 5.92 Å². The second kappa shape index (κ2) is 4.67. The summed E-state index contributed by atoms with van der Waals surface area (Å²) in [5, 5.41) is 14.0. The van der Waals surface area contributed by atoms with Crippen LogP contribution in [0.15, 0.2) is 23.4 Å². The van der Waals surface area contributed by atoms with Crippen LogP contribution in [-0.4, -0.2) is 30.4 Å². The molecule has 2 unspecified atom stereocenters. The molecule has 2 heterocycles. The summed E-state index contributed by atoms with van der Waals surface area (Å²) in [5.74, 6) is 0.143. The first-order chi connectivity index (χ1) is 8.13. The van der Waals surface area contributed by atoms with Crippen LogP contribution in [0.2, 0.25) is 0 Å². The molecule has 0 bridgehead atoms. The number of fused-ring (bicyclic) bond motifs is 1. The van der Waals surface area contributed by atoms with Gasteiger partial charge in [-0.1, -0.05) is 20.3 Å². The van der Waals surface area contributed by atoms with E-state index >= 15 is 0 Å². The number of hydrogen-bond acceptors (Lipinski definition) is 4. The predicted molar refractivity (Wildman–Crippen MR) is 62.7 cm³/mol. The predicted octanol–water partition coefficient (Wildman–Crippen LogP) is 0.298. The minimum atomic E-state index is -0.560. The molecule has 0 spiro atoms. The maximum Gasteiger partial charge on any atom is 0.350 e. The van der Waals surface area contributed by atoms with Crippen molar-refractivity contribution in [1.82, 2.24) is 19.2 Å². The molecule has 2 rings (SSSR count). The Balaban J connectivity index is 2.31. The monoisotopic (exact) mass is 236 g/mol. The first kappa shape index (κ1) is 11.8. The second-order valence-electron chi connectivity index (χ2n) is 4.22. The van der Waals surface area contributed by atoms with Crippen LogP contribution in [0, 0.1) is 5.92 Å². The van der Waals surface area contributed by atoms with Crippen molar-refractivity contribution in [1.29, 1.82) is 0 Å². The fourth-order valence-corrected chi connectivity index (χ4v) is 1.63. The van der Waals surface area contributed by atoms with Gasteiger partial charge in [0.1, 0.15) is 0 Å². The number of rotatable bonds is 4. The normalized spacial score (nSPS) is 15.0. The van der Waals surface area contributed by atoms with Gasteiger partial charge in [0.25, 0.3) is 0 Å². The van der Waals surface area contributed by atoms with E-state index in [1.165, 1.54) is 21.5 Å². The van der Waals surface area contributed by atoms with Gasteiger partial charge < -0.3 is 5.11 Å². The minimum absolute atomic E-state index is 0.143. The van der Waals surface area contributed by atoms with Gasteiger partial charge in [0.2, 0.25) is 0 Å². The summed E-state index contributed by atoms with van der Waals surface area (Å²) in [6.45, 7) is 4.17. The van der Waals surface area contributed by atoms with Crippen LogP contribution in [0.3, 0.4) is 0 Å². The molecule has 1 N–H and O–H groups in total. The van der Waals surface area contributed by atoms with Crippen molar-refractivity contribution in [2.45, 2.75) is 32.9 Å².